The molecule has 7 nitrogen and oxygen atoms in total. The monoisotopic (exact) mass is 416 g/mol. The van der Waals surface area contributed by atoms with Crippen molar-refractivity contribution in [2.45, 2.75) is 10.9 Å². The third kappa shape index (κ3) is 5.86. The van der Waals surface area contributed by atoms with Crippen molar-refractivity contribution in [1.82, 2.24) is 15.5 Å². The summed E-state index contributed by atoms with van der Waals surface area (Å²) >= 11 is 2.75. The molecule has 0 aliphatic carbocycles. The first kappa shape index (κ1) is 20.0. The number of benzene rings is 2. The van der Waals surface area contributed by atoms with E-state index in [2.05, 4.69) is 20.8 Å². The molecule has 9 heteroatoms. The predicted octanol–water partition coefficient (Wildman–Crippen LogP) is 3.71. The summed E-state index contributed by atoms with van der Waals surface area (Å²) in [4.78, 5) is 12.1. The molecule has 0 unspecified atom stereocenters. The number of aromatic nitrogens is 2. The van der Waals surface area contributed by atoms with Crippen LogP contribution in [-0.4, -0.2) is 36.1 Å². The van der Waals surface area contributed by atoms with E-state index in [4.69, 9.17) is 9.47 Å². The predicted molar refractivity (Wildman–Crippen MR) is 112 cm³/mol. The number of hydrogen-bond acceptors (Lipinski definition) is 8. The lowest BCUT2D eigenvalue weighted by Gasteiger charge is -2.06. The zero-order valence-electron chi connectivity index (χ0n) is 15.5. The summed E-state index contributed by atoms with van der Waals surface area (Å²) in [5.41, 5.74) is 1.85. The van der Waals surface area contributed by atoms with Gasteiger partial charge in [-0.1, -0.05) is 41.3 Å². The number of rotatable bonds is 9. The van der Waals surface area contributed by atoms with Crippen LogP contribution in [0.25, 0.3) is 0 Å². The van der Waals surface area contributed by atoms with Gasteiger partial charge in [0.25, 0.3) is 0 Å². The second kappa shape index (κ2) is 9.95. The quantitative estimate of drug-likeness (QED) is 0.514. The minimum atomic E-state index is -0.0645. The molecule has 0 saturated heterocycles. The highest BCUT2D eigenvalue weighted by Crippen LogP contribution is 2.28. The molecule has 1 aromatic heterocycles. The van der Waals surface area contributed by atoms with E-state index in [0.29, 0.717) is 11.7 Å². The van der Waals surface area contributed by atoms with Gasteiger partial charge >= 0.3 is 0 Å². The Hall–Kier alpha value is -2.78. The maximum Gasteiger partial charge on any atom is 0.230 e. The lowest BCUT2D eigenvalue weighted by atomic mass is 10.2. The first-order valence-electron chi connectivity index (χ1n) is 8.43. The normalized spacial score (nSPS) is 10.4. The molecule has 3 aromatic rings. The Morgan fingerprint density at radius 2 is 1.82 bits per heavy atom. The maximum atomic E-state index is 12.1. The molecule has 0 bridgehead atoms. The first-order valence-corrected chi connectivity index (χ1v) is 10.2. The maximum absolute atomic E-state index is 12.1. The van der Waals surface area contributed by atoms with Crippen molar-refractivity contribution in [3.05, 3.63) is 54.1 Å². The summed E-state index contributed by atoms with van der Waals surface area (Å²) in [5.74, 6) is 1.74. The summed E-state index contributed by atoms with van der Waals surface area (Å²) in [6, 6.07) is 15.2. The molecule has 2 aromatic carbocycles. The van der Waals surface area contributed by atoms with E-state index in [9.17, 15) is 4.79 Å². The lowest BCUT2D eigenvalue weighted by molar-refractivity contribution is -0.118. The minimum absolute atomic E-state index is 0.0645. The summed E-state index contributed by atoms with van der Waals surface area (Å²) in [6.45, 7) is 0.454. The molecule has 0 atom stereocenters. The van der Waals surface area contributed by atoms with E-state index in [0.717, 1.165) is 27.1 Å². The van der Waals surface area contributed by atoms with E-state index in [1.165, 1.54) is 23.1 Å². The molecule has 0 fully saturated rings. The molecule has 0 saturated carbocycles. The van der Waals surface area contributed by atoms with Crippen LogP contribution in [0, 0.1) is 0 Å². The Balaban J connectivity index is 1.46. The number of nitrogens with zero attached hydrogens (tertiary/aromatic N) is 2. The minimum Gasteiger partial charge on any atom is -0.497 e. The molecule has 1 heterocycles. The molecule has 0 aliphatic heterocycles. The molecular formula is C19H20N4O3S2. The molecule has 0 spiro atoms. The van der Waals surface area contributed by atoms with Gasteiger partial charge in [0, 0.05) is 18.3 Å². The zero-order chi connectivity index (χ0) is 19.8. The van der Waals surface area contributed by atoms with Crippen molar-refractivity contribution >= 4 is 39.8 Å². The zero-order valence-corrected chi connectivity index (χ0v) is 17.1. The van der Waals surface area contributed by atoms with Crippen LogP contribution in [0.3, 0.4) is 0 Å². The van der Waals surface area contributed by atoms with Crippen LogP contribution in [0.2, 0.25) is 0 Å². The fraction of sp³-hybridized carbons (Fsp3) is 0.211. The van der Waals surface area contributed by atoms with Gasteiger partial charge in [-0.15, -0.1) is 10.2 Å². The van der Waals surface area contributed by atoms with E-state index >= 15 is 0 Å². The van der Waals surface area contributed by atoms with Gasteiger partial charge in [-0.25, -0.2) is 0 Å². The molecular weight excluding hydrogens is 396 g/mol. The molecule has 0 radical (unpaired) electrons. The van der Waals surface area contributed by atoms with Gasteiger partial charge in [0.05, 0.1) is 20.0 Å². The molecule has 2 N–H and O–H groups in total. The summed E-state index contributed by atoms with van der Waals surface area (Å²) < 4.78 is 11.1. The number of methoxy groups -OCH3 is 2. The molecule has 28 heavy (non-hydrogen) atoms. The van der Waals surface area contributed by atoms with E-state index in [-0.39, 0.29) is 11.7 Å². The van der Waals surface area contributed by atoms with Crippen molar-refractivity contribution in [3.63, 3.8) is 0 Å². The van der Waals surface area contributed by atoms with Crippen molar-refractivity contribution in [3.8, 4) is 11.5 Å². The van der Waals surface area contributed by atoms with Crippen LogP contribution in [0.15, 0.2) is 52.9 Å². The Bertz CT molecular complexity index is 933. The van der Waals surface area contributed by atoms with Crippen LogP contribution in [-0.2, 0) is 11.3 Å². The van der Waals surface area contributed by atoms with Gasteiger partial charge in [-0.05, 0) is 29.8 Å². The summed E-state index contributed by atoms with van der Waals surface area (Å²) in [7, 11) is 3.24. The summed E-state index contributed by atoms with van der Waals surface area (Å²) in [6.07, 6.45) is 0. The number of ether oxygens (including phenoxy) is 2. The van der Waals surface area contributed by atoms with Crippen molar-refractivity contribution < 1.29 is 14.3 Å². The number of nitrogens with one attached hydrogen (secondary N) is 2. The SMILES string of the molecule is COc1cccc(CNC(=O)CSc2nnc(Nc3cccc(OC)c3)s2)c1. The largest absolute Gasteiger partial charge is 0.497 e. The van der Waals surface area contributed by atoms with E-state index in [1.807, 2.05) is 48.5 Å². The Morgan fingerprint density at radius 3 is 2.61 bits per heavy atom. The number of thioether (sulfide) groups is 1. The van der Waals surface area contributed by atoms with Gasteiger partial charge in [0.15, 0.2) is 4.34 Å². The molecule has 3 rings (SSSR count). The standard InChI is InChI=1S/C19H20N4O3S2/c1-25-15-7-3-5-13(9-15)11-20-17(24)12-27-19-23-22-18(28-19)21-14-6-4-8-16(10-14)26-2/h3-10H,11-12H2,1-2H3,(H,20,24)(H,21,22). The number of anilines is 2. The van der Waals surface area contributed by atoms with E-state index < -0.39 is 0 Å². The first-order chi connectivity index (χ1) is 13.7. The second-order valence-electron chi connectivity index (χ2n) is 5.65. The Labute approximate surface area is 171 Å². The van der Waals surface area contributed by atoms with Gasteiger partial charge < -0.3 is 20.1 Å². The number of carbonyl (C=O) groups excluding carboxylic acids is 1. The lowest BCUT2D eigenvalue weighted by Crippen LogP contribution is -2.24. The highest BCUT2D eigenvalue weighted by Gasteiger charge is 2.09. The third-order valence-corrected chi connectivity index (χ3v) is 5.65. The smallest absolute Gasteiger partial charge is 0.230 e. The Morgan fingerprint density at radius 1 is 1.07 bits per heavy atom. The highest BCUT2D eigenvalue weighted by atomic mass is 32.2. The molecule has 146 valence electrons. The van der Waals surface area contributed by atoms with Crippen molar-refractivity contribution in [1.29, 1.82) is 0 Å². The fourth-order valence-corrected chi connectivity index (χ4v) is 3.91. The fourth-order valence-electron chi connectivity index (χ4n) is 2.30. The van der Waals surface area contributed by atoms with Gasteiger partial charge in [0.1, 0.15) is 11.5 Å². The summed E-state index contributed by atoms with van der Waals surface area (Å²) in [5, 5.41) is 15.0. The highest BCUT2D eigenvalue weighted by molar-refractivity contribution is 8.01. The van der Waals surface area contributed by atoms with Crippen LogP contribution >= 0.6 is 23.1 Å². The molecule has 1 amide bonds. The van der Waals surface area contributed by atoms with Crippen LogP contribution in [0.5, 0.6) is 11.5 Å². The average molecular weight is 417 g/mol. The van der Waals surface area contributed by atoms with Crippen molar-refractivity contribution in [2.75, 3.05) is 25.3 Å². The van der Waals surface area contributed by atoms with Crippen LogP contribution < -0.4 is 20.1 Å². The van der Waals surface area contributed by atoms with Gasteiger partial charge in [-0.2, -0.15) is 0 Å². The van der Waals surface area contributed by atoms with Gasteiger partial charge in [-0.3, -0.25) is 4.79 Å². The average Bonchev–Trinajstić information content (AvgIpc) is 3.18. The van der Waals surface area contributed by atoms with Crippen LogP contribution in [0.4, 0.5) is 10.8 Å². The molecule has 0 aliphatic rings. The number of hydrogen-bond donors (Lipinski definition) is 2. The second-order valence-corrected chi connectivity index (χ2v) is 7.85. The third-order valence-electron chi connectivity index (χ3n) is 3.68. The van der Waals surface area contributed by atoms with Crippen LogP contribution in [0.1, 0.15) is 5.56 Å². The number of carbonyl (C=O) groups is 1. The van der Waals surface area contributed by atoms with Gasteiger partial charge in [0.2, 0.25) is 11.0 Å². The number of amides is 1. The van der Waals surface area contributed by atoms with Crippen molar-refractivity contribution in [2.24, 2.45) is 0 Å². The topological polar surface area (TPSA) is 85.4 Å². The van der Waals surface area contributed by atoms with E-state index in [1.54, 1.807) is 14.2 Å². The Kier molecular flexibility index (Phi) is 7.10.